The summed E-state index contributed by atoms with van der Waals surface area (Å²) in [5.74, 6) is 0.740. The Balaban J connectivity index is 2.18. The van der Waals surface area contributed by atoms with Gasteiger partial charge < -0.3 is 14.7 Å². The Labute approximate surface area is 112 Å². The molecule has 1 N–H and O–H groups in total. The van der Waals surface area contributed by atoms with Crippen molar-refractivity contribution in [2.45, 2.75) is 31.7 Å². The molecule has 1 aromatic heterocycles. The number of hydrogen-bond donors (Lipinski definition) is 1. The van der Waals surface area contributed by atoms with E-state index in [0.29, 0.717) is 17.1 Å². The van der Waals surface area contributed by atoms with E-state index in [9.17, 15) is 0 Å². The maximum Gasteiger partial charge on any atom is 0.318 e. The van der Waals surface area contributed by atoms with Gasteiger partial charge in [0.25, 0.3) is 0 Å². The molecule has 100 valence electrons. The fourth-order valence-corrected chi connectivity index (χ4v) is 2.58. The van der Waals surface area contributed by atoms with Crippen molar-refractivity contribution in [3.05, 3.63) is 11.2 Å². The minimum absolute atomic E-state index is 0.227. The molecule has 0 aromatic carbocycles. The van der Waals surface area contributed by atoms with E-state index in [1.165, 1.54) is 0 Å². The molecule has 1 aliphatic rings. The van der Waals surface area contributed by atoms with E-state index < -0.39 is 0 Å². The first-order valence-corrected chi connectivity index (χ1v) is 6.58. The number of aromatic nitrogens is 2. The summed E-state index contributed by atoms with van der Waals surface area (Å²) in [5.41, 5.74) is 0. The summed E-state index contributed by atoms with van der Waals surface area (Å²) in [4.78, 5) is 10.5. The zero-order valence-electron chi connectivity index (χ0n) is 10.5. The fraction of sp³-hybridized carbons (Fsp3) is 0.667. The molecule has 18 heavy (non-hydrogen) atoms. The molecule has 0 aliphatic carbocycles. The highest BCUT2D eigenvalue weighted by atomic mass is 35.5. The predicted molar refractivity (Wildman–Crippen MR) is 70.3 cm³/mol. The third-order valence-electron chi connectivity index (χ3n) is 3.23. The lowest BCUT2D eigenvalue weighted by Crippen LogP contribution is -2.30. The van der Waals surface area contributed by atoms with Crippen molar-refractivity contribution in [1.29, 1.82) is 0 Å². The highest BCUT2D eigenvalue weighted by Gasteiger charge is 2.27. The van der Waals surface area contributed by atoms with E-state index in [1.807, 2.05) is 0 Å². The summed E-state index contributed by atoms with van der Waals surface area (Å²) in [7, 11) is 1.54. The Kier molecular flexibility index (Phi) is 4.60. The maximum absolute atomic E-state index is 8.93. The van der Waals surface area contributed by atoms with E-state index in [1.54, 1.807) is 13.3 Å². The second-order valence-corrected chi connectivity index (χ2v) is 4.79. The summed E-state index contributed by atoms with van der Waals surface area (Å²) in [5, 5.41) is 9.48. The van der Waals surface area contributed by atoms with Crippen molar-refractivity contribution in [3.8, 4) is 6.01 Å². The molecule has 6 heteroatoms. The smallest absolute Gasteiger partial charge is 0.318 e. The van der Waals surface area contributed by atoms with Gasteiger partial charge in [-0.15, -0.1) is 0 Å². The standard InChI is InChI=1S/C12H18ClN3O2/c1-18-12-14-8-10(13)11(15-12)16-6-2-4-9(16)5-3-7-17/h8-9,17H,2-7H2,1H3. The Morgan fingerprint density at radius 3 is 3.17 bits per heavy atom. The van der Waals surface area contributed by atoms with Gasteiger partial charge in [-0.1, -0.05) is 11.6 Å². The summed E-state index contributed by atoms with van der Waals surface area (Å²) in [6.45, 7) is 1.17. The second-order valence-electron chi connectivity index (χ2n) is 4.38. The Bertz CT molecular complexity index is 403. The number of aliphatic hydroxyl groups is 1. The first kappa shape index (κ1) is 13.4. The second kappa shape index (κ2) is 6.20. The third-order valence-corrected chi connectivity index (χ3v) is 3.50. The SMILES string of the molecule is COc1ncc(Cl)c(N2CCCC2CCCO)n1. The normalized spacial score (nSPS) is 19.3. The quantitative estimate of drug-likeness (QED) is 0.886. The van der Waals surface area contributed by atoms with Crippen LogP contribution in [0.1, 0.15) is 25.7 Å². The average Bonchev–Trinajstić information content (AvgIpc) is 2.85. The van der Waals surface area contributed by atoms with Crippen molar-refractivity contribution >= 4 is 17.4 Å². The van der Waals surface area contributed by atoms with Gasteiger partial charge in [0, 0.05) is 19.2 Å². The highest BCUT2D eigenvalue weighted by Crippen LogP contribution is 2.32. The van der Waals surface area contributed by atoms with Crippen LogP contribution in [0.25, 0.3) is 0 Å². The minimum atomic E-state index is 0.227. The molecule has 0 saturated carbocycles. The van der Waals surface area contributed by atoms with Gasteiger partial charge in [-0.2, -0.15) is 4.98 Å². The lowest BCUT2D eigenvalue weighted by Gasteiger charge is -2.26. The number of methoxy groups -OCH3 is 1. The summed E-state index contributed by atoms with van der Waals surface area (Å²) in [6.07, 6.45) is 5.58. The summed E-state index contributed by atoms with van der Waals surface area (Å²) >= 11 is 6.16. The molecule has 0 bridgehead atoms. The van der Waals surface area contributed by atoms with Crippen LogP contribution in [-0.4, -0.2) is 41.4 Å². The Morgan fingerprint density at radius 1 is 1.61 bits per heavy atom. The van der Waals surface area contributed by atoms with Gasteiger partial charge >= 0.3 is 6.01 Å². The van der Waals surface area contributed by atoms with E-state index in [-0.39, 0.29) is 6.61 Å². The zero-order chi connectivity index (χ0) is 13.0. The number of ether oxygens (including phenoxy) is 1. The number of aliphatic hydroxyl groups excluding tert-OH is 1. The molecule has 1 unspecified atom stereocenters. The first-order chi connectivity index (χ1) is 8.76. The zero-order valence-corrected chi connectivity index (χ0v) is 11.2. The largest absolute Gasteiger partial charge is 0.467 e. The van der Waals surface area contributed by atoms with Crippen LogP contribution in [0.5, 0.6) is 6.01 Å². The van der Waals surface area contributed by atoms with Gasteiger partial charge in [0.05, 0.1) is 13.3 Å². The van der Waals surface area contributed by atoms with Crippen LogP contribution < -0.4 is 9.64 Å². The molecule has 0 spiro atoms. The Hall–Kier alpha value is -1.07. The molecule has 2 heterocycles. The van der Waals surface area contributed by atoms with E-state index in [0.717, 1.165) is 38.0 Å². The summed E-state index contributed by atoms with van der Waals surface area (Å²) < 4.78 is 5.04. The molecule has 1 saturated heterocycles. The Morgan fingerprint density at radius 2 is 2.44 bits per heavy atom. The fourth-order valence-electron chi connectivity index (χ4n) is 2.38. The number of halogens is 1. The van der Waals surface area contributed by atoms with Crippen LogP contribution in [-0.2, 0) is 0 Å². The number of nitrogens with zero attached hydrogens (tertiary/aromatic N) is 3. The number of rotatable bonds is 5. The monoisotopic (exact) mass is 271 g/mol. The molecule has 1 atom stereocenters. The van der Waals surface area contributed by atoms with Crippen molar-refractivity contribution in [2.75, 3.05) is 25.2 Å². The van der Waals surface area contributed by atoms with E-state index >= 15 is 0 Å². The molecular weight excluding hydrogens is 254 g/mol. The minimum Gasteiger partial charge on any atom is -0.467 e. The van der Waals surface area contributed by atoms with Gasteiger partial charge in [-0.05, 0) is 25.7 Å². The summed E-state index contributed by atoms with van der Waals surface area (Å²) in [6, 6.07) is 0.733. The van der Waals surface area contributed by atoms with Crippen LogP contribution in [0.3, 0.4) is 0 Å². The molecule has 1 aromatic rings. The topological polar surface area (TPSA) is 58.5 Å². The molecule has 5 nitrogen and oxygen atoms in total. The van der Waals surface area contributed by atoms with Gasteiger partial charge in [0.1, 0.15) is 5.02 Å². The van der Waals surface area contributed by atoms with Crippen LogP contribution in [0.4, 0.5) is 5.82 Å². The molecule has 1 aliphatic heterocycles. The van der Waals surface area contributed by atoms with Gasteiger partial charge in [-0.25, -0.2) is 4.98 Å². The lowest BCUT2D eigenvalue weighted by atomic mass is 10.1. The van der Waals surface area contributed by atoms with Crippen molar-refractivity contribution in [1.82, 2.24) is 9.97 Å². The van der Waals surface area contributed by atoms with Crippen molar-refractivity contribution in [2.24, 2.45) is 0 Å². The predicted octanol–water partition coefficient (Wildman–Crippen LogP) is 1.88. The van der Waals surface area contributed by atoms with Crippen LogP contribution in [0.15, 0.2) is 6.20 Å². The average molecular weight is 272 g/mol. The molecule has 0 amide bonds. The van der Waals surface area contributed by atoms with Crippen LogP contribution in [0, 0.1) is 0 Å². The third kappa shape index (κ3) is 2.84. The number of hydrogen-bond acceptors (Lipinski definition) is 5. The molecular formula is C12H18ClN3O2. The van der Waals surface area contributed by atoms with Gasteiger partial charge in [0.2, 0.25) is 0 Å². The van der Waals surface area contributed by atoms with Gasteiger partial charge in [-0.3, -0.25) is 0 Å². The maximum atomic E-state index is 8.93. The van der Waals surface area contributed by atoms with Gasteiger partial charge in [0.15, 0.2) is 5.82 Å². The van der Waals surface area contributed by atoms with Crippen LogP contribution in [0.2, 0.25) is 5.02 Å². The lowest BCUT2D eigenvalue weighted by molar-refractivity contribution is 0.279. The van der Waals surface area contributed by atoms with Crippen molar-refractivity contribution in [3.63, 3.8) is 0 Å². The first-order valence-electron chi connectivity index (χ1n) is 6.20. The molecule has 1 fully saturated rings. The van der Waals surface area contributed by atoms with Crippen LogP contribution >= 0.6 is 11.6 Å². The van der Waals surface area contributed by atoms with E-state index in [2.05, 4.69) is 14.9 Å². The molecule has 0 radical (unpaired) electrons. The van der Waals surface area contributed by atoms with E-state index in [4.69, 9.17) is 21.4 Å². The van der Waals surface area contributed by atoms with Crippen molar-refractivity contribution < 1.29 is 9.84 Å². The number of anilines is 1. The molecule has 2 rings (SSSR count). The highest BCUT2D eigenvalue weighted by molar-refractivity contribution is 6.32.